The van der Waals surface area contributed by atoms with E-state index < -0.39 is 6.16 Å². The smallest absolute Gasteiger partial charge is 0.431 e. The third-order valence-corrected chi connectivity index (χ3v) is 1.27. The van der Waals surface area contributed by atoms with Gasteiger partial charge in [0.15, 0.2) is 6.07 Å². The lowest BCUT2D eigenvalue weighted by Gasteiger charge is -2.10. The molecule has 3 nitrogen and oxygen atoms in total. The first-order valence-electron chi connectivity index (χ1n) is 3.60. The second-order valence-electron chi connectivity index (χ2n) is 2.22. The molecule has 1 unspecified atom stereocenters. The Morgan fingerprint density at radius 1 is 1.64 bits per heavy atom. The molecule has 0 aromatic carbocycles. The molecule has 0 spiro atoms. The van der Waals surface area contributed by atoms with E-state index in [4.69, 9.17) is 16.3 Å². The van der Waals surface area contributed by atoms with Crippen molar-refractivity contribution in [3.8, 4) is 0 Å². The number of halogens is 1. The van der Waals surface area contributed by atoms with Crippen molar-refractivity contribution in [1.29, 1.82) is 0 Å². The van der Waals surface area contributed by atoms with Crippen molar-refractivity contribution in [3.05, 3.63) is 0 Å². The Morgan fingerprint density at radius 3 is 2.73 bits per heavy atom. The van der Waals surface area contributed by atoms with Crippen LogP contribution in [0.3, 0.4) is 0 Å². The van der Waals surface area contributed by atoms with E-state index in [-0.39, 0.29) is 12.2 Å². The molecule has 0 bridgehead atoms. The minimum atomic E-state index is -0.694. The molecule has 0 saturated carbocycles. The molecule has 0 rings (SSSR count). The van der Waals surface area contributed by atoms with E-state index in [1.165, 1.54) is 0 Å². The molecule has 66 valence electrons. The van der Waals surface area contributed by atoms with Crippen LogP contribution >= 0.6 is 11.6 Å². The highest BCUT2D eigenvalue weighted by Crippen LogP contribution is 2.02. The van der Waals surface area contributed by atoms with Gasteiger partial charge in [-0.2, -0.15) is 0 Å². The Balaban J connectivity index is 3.40. The molecule has 0 aromatic heterocycles. The lowest BCUT2D eigenvalue weighted by Crippen LogP contribution is -2.15. The van der Waals surface area contributed by atoms with Gasteiger partial charge < -0.3 is 9.47 Å². The first-order valence-corrected chi connectivity index (χ1v) is 4.13. The molecule has 0 aliphatic heterocycles. The van der Waals surface area contributed by atoms with Gasteiger partial charge in [-0.25, -0.2) is 4.79 Å². The third kappa shape index (κ3) is 5.98. The molecule has 0 radical (unpaired) electrons. The molecule has 0 aliphatic rings. The number of carbonyl (C=O) groups is 1. The summed E-state index contributed by atoms with van der Waals surface area (Å²) in [4.78, 5) is 10.6. The van der Waals surface area contributed by atoms with E-state index in [2.05, 4.69) is 4.74 Å². The average molecular weight is 181 g/mol. The van der Waals surface area contributed by atoms with E-state index >= 15 is 0 Å². The molecule has 4 heteroatoms. The normalized spacial score (nSPS) is 12.3. The highest BCUT2D eigenvalue weighted by atomic mass is 35.5. The predicted molar refractivity (Wildman–Crippen MR) is 42.7 cm³/mol. The lowest BCUT2D eigenvalue weighted by atomic mass is 10.2. The minimum absolute atomic E-state index is 0.0873. The Labute approximate surface area is 71.6 Å². The topological polar surface area (TPSA) is 35.5 Å². The summed E-state index contributed by atoms with van der Waals surface area (Å²) in [5.41, 5.74) is 0. The van der Waals surface area contributed by atoms with E-state index in [0.29, 0.717) is 0 Å². The summed E-state index contributed by atoms with van der Waals surface area (Å²) in [7, 11) is 0. The molecular weight excluding hydrogens is 168 g/mol. The molecule has 11 heavy (non-hydrogen) atoms. The van der Waals surface area contributed by atoms with Crippen LogP contribution in [0.15, 0.2) is 0 Å². The number of alkyl halides is 1. The summed E-state index contributed by atoms with van der Waals surface area (Å²) < 4.78 is 9.15. The van der Waals surface area contributed by atoms with Gasteiger partial charge in [0.2, 0.25) is 0 Å². The number of rotatable bonds is 4. The van der Waals surface area contributed by atoms with Crippen molar-refractivity contribution in [2.24, 2.45) is 0 Å². The molecule has 0 aliphatic carbocycles. The molecule has 1 atom stereocenters. The van der Waals surface area contributed by atoms with E-state index in [0.717, 1.165) is 12.8 Å². The molecule has 0 saturated heterocycles. The van der Waals surface area contributed by atoms with Gasteiger partial charge in [0.25, 0.3) is 0 Å². The monoisotopic (exact) mass is 180 g/mol. The molecule has 0 heterocycles. The molecule has 0 fully saturated rings. The SMILES string of the molecule is CCCC(C)OC(=O)OCCl. The zero-order valence-corrected chi connectivity index (χ0v) is 7.56. The van der Waals surface area contributed by atoms with Gasteiger partial charge in [-0.3, -0.25) is 0 Å². The van der Waals surface area contributed by atoms with Crippen LogP contribution in [0.2, 0.25) is 0 Å². The maximum absolute atomic E-state index is 10.6. The Bertz CT molecular complexity index is 116. The standard InChI is InChI=1S/C7H13ClO3/c1-3-4-6(2)11-7(9)10-5-8/h6H,3-5H2,1-2H3. The van der Waals surface area contributed by atoms with Crippen LogP contribution in [0.4, 0.5) is 4.79 Å². The Kier molecular flexibility index (Phi) is 6.03. The van der Waals surface area contributed by atoms with Crippen LogP contribution in [-0.4, -0.2) is 18.3 Å². The van der Waals surface area contributed by atoms with Crippen molar-refractivity contribution in [3.63, 3.8) is 0 Å². The van der Waals surface area contributed by atoms with Crippen LogP contribution in [0.5, 0.6) is 0 Å². The zero-order valence-electron chi connectivity index (χ0n) is 6.80. The molecule has 0 aromatic rings. The second kappa shape index (κ2) is 6.28. The van der Waals surface area contributed by atoms with Gasteiger partial charge in [-0.15, -0.1) is 0 Å². The quantitative estimate of drug-likeness (QED) is 0.493. The van der Waals surface area contributed by atoms with Crippen LogP contribution in [0, 0.1) is 0 Å². The molecular formula is C7H13ClO3. The first kappa shape index (κ1) is 10.6. The molecule has 0 amide bonds. The highest BCUT2D eigenvalue weighted by molar-refractivity contribution is 6.17. The summed E-state index contributed by atoms with van der Waals surface area (Å²) in [5.74, 6) is 0. The highest BCUT2D eigenvalue weighted by Gasteiger charge is 2.08. The third-order valence-electron chi connectivity index (χ3n) is 1.17. The number of hydrogen-bond donors (Lipinski definition) is 0. The minimum Gasteiger partial charge on any atom is -0.431 e. The van der Waals surface area contributed by atoms with Crippen molar-refractivity contribution in [1.82, 2.24) is 0 Å². The van der Waals surface area contributed by atoms with Gasteiger partial charge in [-0.05, 0) is 13.3 Å². The summed E-state index contributed by atoms with van der Waals surface area (Å²) in [5, 5.41) is 0. The summed E-state index contributed by atoms with van der Waals surface area (Å²) in [6.07, 6.45) is 1.05. The van der Waals surface area contributed by atoms with Crippen LogP contribution in [-0.2, 0) is 9.47 Å². The average Bonchev–Trinajstić information content (AvgIpc) is 1.87. The van der Waals surface area contributed by atoms with Crippen molar-refractivity contribution >= 4 is 17.8 Å². The zero-order chi connectivity index (χ0) is 8.69. The maximum Gasteiger partial charge on any atom is 0.509 e. The maximum atomic E-state index is 10.6. The van der Waals surface area contributed by atoms with E-state index in [9.17, 15) is 4.79 Å². The van der Waals surface area contributed by atoms with Crippen molar-refractivity contribution in [2.75, 3.05) is 6.07 Å². The van der Waals surface area contributed by atoms with Crippen molar-refractivity contribution < 1.29 is 14.3 Å². The largest absolute Gasteiger partial charge is 0.509 e. The fraction of sp³-hybridized carbons (Fsp3) is 0.857. The first-order chi connectivity index (χ1) is 5.20. The number of ether oxygens (including phenoxy) is 2. The number of carbonyl (C=O) groups excluding carboxylic acids is 1. The van der Waals surface area contributed by atoms with Crippen LogP contribution in [0.1, 0.15) is 26.7 Å². The number of hydrogen-bond acceptors (Lipinski definition) is 3. The fourth-order valence-electron chi connectivity index (χ4n) is 0.708. The summed E-state index contributed by atoms with van der Waals surface area (Å²) in [6.45, 7) is 3.84. The predicted octanol–water partition coefficient (Wildman–Crippen LogP) is 2.52. The van der Waals surface area contributed by atoms with Gasteiger partial charge in [0, 0.05) is 0 Å². The summed E-state index contributed by atoms with van der Waals surface area (Å²) >= 11 is 5.13. The van der Waals surface area contributed by atoms with Gasteiger partial charge in [0.05, 0.1) is 0 Å². The lowest BCUT2D eigenvalue weighted by molar-refractivity contribution is 0.0364. The second-order valence-corrected chi connectivity index (χ2v) is 2.44. The Morgan fingerprint density at radius 2 is 2.27 bits per heavy atom. The van der Waals surface area contributed by atoms with Crippen molar-refractivity contribution in [2.45, 2.75) is 32.8 Å². The van der Waals surface area contributed by atoms with Gasteiger partial charge in [-0.1, -0.05) is 24.9 Å². The van der Waals surface area contributed by atoms with Crippen LogP contribution < -0.4 is 0 Å². The fourth-order valence-corrected chi connectivity index (χ4v) is 0.797. The van der Waals surface area contributed by atoms with Gasteiger partial charge >= 0.3 is 6.16 Å². The van der Waals surface area contributed by atoms with E-state index in [1.807, 2.05) is 13.8 Å². The summed E-state index contributed by atoms with van der Waals surface area (Å²) in [6, 6.07) is -0.155. The van der Waals surface area contributed by atoms with E-state index in [1.54, 1.807) is 0 Å². The van der Waals surface area contributed by atoms with Crippen LogP contribution in [0.25, 0.3) is 0 Å². The van der Waals surface area contributed by atoms with Gasteiger partial charge in [0.1, 0.15) is 6.10 Å². The molecule has 0 N–H and O–H groups in total. The Hall–Kier alpha value is -0.440.